The number of nitrogens with two attached hydrogens (primary N) is 7. The SMILES string of the molecule is CC[C@H](C)[C@H](N)C(=O)N[C@@H](CCC(=O)O)C(=O)N1CCC[C@H]1C(=O)N[C@@H](CCCN)C(=O)N[C@@H](Cc1ccc(O)cc1)C(=O)N[C@@H](CCCN=C(N)N)C(=O)N[C@@H](CC(C)C)C(=O)N[C@@H](CCCN=C(N)N)C(=O)N[C@@H](Cc1ccc(O)cc1)C(N)=O. The topological polar surface area (TPSA) is 526 Å². The van der Waals surface area contributed by atoms with Crippen LogP contribution in [0, 0.1) is 11.8 Å². The standard InChI is InChI=1S/C57H91N17O13/c1-5-32(4)46(59)54(86)70-40(22-23-45(77)78)55(87)74-27-9-13-44(74)53(85)69-37(10-6-24-58)49(81)73-43(30-34-16-20-36(76)21-17-34)52(84)68-39(12-8-26-66-57(63)64)50(82)72-42(28-31(2)3)51(83)67-38(11-7-25-65-56(61)62)48(80)71-41(47(60)79)29-33-14-18-35(75)19-15-33/h14-21,31-32,37-44,46,75-76H,5-13,22-30,58-59H2,1-4H3,(H2,60,79)(H,67,83)(H,68,84)(H,69,85)(H,70,86)(H,71,80)(H,72,82)(H,73,81)(H,77,78)(H4,61,62,65)(H4,63,64,66)/t32-,37-,38-,39-,40-,41-,42-,43-,44-,46-/m0/s1. The van der Waals surface area contributed by atoms with Crippen LogP contribution in [0.1, 0.15) is 116 Å². The number of primary amides is 1. The van der Waals surface area contributed by atoms with Gasteiger partial charge in [0, 0.05) is 38.9 Å². The monoisotopic (exact) mass is 1220 g/mol. The number of rotatable bonds is 38. The molecular formula is C57H91N17O13. The Bertz CT molecular complexity index is 2690. The number of aromatic hydroxyl groups is 2. The lowest BCUT2D eigenvalue weighted by atomic mass is 9.98. The number of carbonyl (C=O) groups is 10. The predicted molar refractivity (Wildman–Crippen MR) is 323 cm³/mol. The van der Waals surface area contributed by atoms with Gasteiger partial charge in [-0.15, -0.1) is 0 Å². The van der Waals surface area contributed by atoms with Gasteiger partial charge in [-0.05, 0) is 118 Å². The van der Waals surface area contributed by atoms with Crippen molar-refractivity contribution in [2.24, 2.45) is 62.0 Å². The van der Waals surface area contributed by atoms with E-state index in [4.69, 9.17) is 40.1 Å². The van der Waals surface area contributed by atoms with Crippen molar-refractivity contribution in [3.63, 3.8) is 0 Å². The van der Waals surface area contributed by atoms with Crippen molar-refractivity contribution in [3.8, 4) is 11.5 Å². The highest BCUT2D eigenvalue weighted by Crippen LogP contribution is 2.22. The Morgan fingerprint density at radius 1 is 0.575 bits per heavy atom. The maximum absolute atomic E-state index is 14.7. The maximum Gasteiger partial charge on any atom is 0.303 e. The van der Waals surface area contributed by atoms with Crippen LogP contribution in [0.5, 0.6) is 11.5 Å². The predicted octanol–water partition coefficient (Wildman–Crippen LogP) is -3.12. The highest BCUT2D eigenvalue weighted by atomic mass is 16.4. The molecule has 0 bridgehead atoms. The molecule has 2 aromatic rings. The van der Waals surface area contributed by atoms with Gasteiger partial charge in [-0.2, -0.15) is 0 Å². The van der Waals surface area contributed by atoms with Gasteiger partial charge in [0.15, 0.2) is 11.9 Å². The molecule has 87 heavy (non-hydrogen) atoms. The van der Waals surface area contributed by atoms with Crippen LogP contribution in [0.3, 0.4) is 0 Å². The molecule has 1 aliphatic rings. The second-order valence-electron chi connectivity index (χ2n) is 22.1. The Balaban J connectivity index is 1.98. The van der Waals surface area contributed by atoms with Gasteiger partial charge in [0.2, 0.25) is 53.2 Å². The summed E-state index contributed by atoms with van der Waals surface area (Å²) in [5.41, 5.74) is 40.9. The molecule has 30 nitrogen and oxygen atoms in total. The lowest BCUT2D eigenvalue weighted by Gasteiger charge is -2.31. The van der Waals surface area contributed by atoms with Gasteiger partial charge in [-0.3, -0.25) is 57.9 Å². The molecule has 0 unspecified atom stereocenters. The molecular weight excluding hydrogens is 1130 g/mol. The highest BCUT2D eigenvalue weighted by molar-refractivity contribution is 5.98. The minimum absolute atomic E-state index is 0.00216. The Morgan fingerprint density at radius 3 is 1.46 bits per heavy atom. The van der Waals surface area contributed by atoms with Crippen molar-refractivity contribution >= 4 is 71.1 Å². The van der Waals surface area contributed by atoms with E-state index in [1.807, 2.05) is 6.92 Å². The molecule has 0 saturated carbocycles. The number of carboxylic acids is 1. The number of aliphatic carboxylic acids is 1. The number of phenols is 2. The number of hydrogen-bond donors (Lipinski definition) is 17. The molecule has 24 N–H and O–H groups in total. The minimum atomic E-state index is -1.50. The molecule has 3 rings (SSSR count). The summed E-state index contributed by atoms with van der Waals surface area (Å²) in [6, 6.07) is -0.185. The molecule has 2 aromatic carbocycles. The highest BCUT2D eigenvalue weighted by Gasteiger charge is 2.40. The summed E-state index contributed by atoms with van der Waals surface area (Å²) in [6.07, 6.45) is 0.185. The van der Waals surface area contributed by atoms with Crippen molar-refractivity contribution < 1.29 is 63.3 Å². The number of hydrogen-bond acceptors (Lipinski definition) is 16. The van der Waals surface area contributed by atoms with E-state index in [9.17, 15) is 63.3 Å². The summed E-state index contributed by atoms with van der Waals surface area (Å²) in [4.78, 5) is 147. The van der Waals surface area contributed by atoms with Crippen LogP contribution in [-0.4, -0.2) is 172 Å². The lowest BCUT2D eigenvalue weighted by molar-refractivity contribution is -0.143. The van der Waals surface area contributed by atoms with E-state index in [0.717, 1.165) is 0 Å². The molecule has 1 fully saturated rings. The van der Waals surface area contributed by atoms with E-state index in [2.05, 4.69) is 47.2 Å². The molecule has 1 aliphatic heterocycles. The first-order chi connectivity index (χ1) is 41.1. The number of aliphatic imine (C=N–C) groups is 2. The van der Waals surface area contributed by atoms with E-state index in [-0.39, 0.29) is 132 Å². The van der Waals surface area contributed by atoms with Crippen LogP contribution in [-0.2, 0) is 60.8 Å². The summed E-state index contributed by atoms with van der Waals surface area (Å²) in [5.74, 6) is -9.65. The molecule has 482 valence electrons. The first-order valence-electron chi connectivity index (χ1n) is 29.2. The largest absolute Gasteiger partial charge is 0.508 e. The second-order valence-corrected chi connectivity index (χ2v) is 22.1. The fourth-order valence-electron chi connectivity index (χ4n) is 9.44. The van der Waals surface area contributed by atoms with Gasteiger partial charge in [-0.25, -0.2) is 0 Å². The summed E-state index contributed by atoms with van der Waals surface area (Å²) < 4.78 is 0. The van der Waals surface area contributed by atoms with Crippen LogP contribution >= 0.6 is 0 Å². The van der Waals surface area contributed by atoms with Gasteiger partial charge in [0.1, 0.15) is 59.8 Å². The van der Waals surface area contributed by atoms with E-state index >= 15 is 0 Å². The fourth-order valence-corrected chi connectivity index (χ4v) is 9.44. The molecule has 9 amide bonds. The van der Waals surface area contributed by atoms with Gasteiger partial charge in [0.25, 0.3) is 0 Å². The molecule has 30 heteroatoms. The summed E-state index contributed by atoms with van der Waals surface area (Å²) in [5, 5.41) is 48.0. The number of amides is 9. The molecule has 0 radical (unpaired) electrons. The minimum Gasteiger partial charge on any atom is -0.508 e. The van der Waals surface area contributed by atoms with Crippen LogP contribution in [0.2, 0.25) is 0 Å². The van der Waals surface area contributed by atoms with E-state index < -0.39 is 120 Å². The van der Waals surface area contributed by atoms with Crippen molar-refractivity contribution in [3.05, 3.63) is 59.7 Å². The molecule has 10 atom stereocenters. The van der Waals surface area contributed by atoms with Crippen molar-refractivity contribution in [1.29, 1.82) is 0 Å². The number of nitrogens with zero attached hydrogens (tertiary/aromatic N) is 3. The van der Waals surface area contributed by atoms with Gasteiger partial charge in [-0.1, -0.05) is 58.4 Å². The Hall–Kier alpha value is -8.80. The third-order valence-corrected chi connectivity index (χ3v) is 14.5. The molecule has 0 aliphatic carbocycles. The number of phenolic OH excluding ortho intramolecular Hbond substituents is 2. The number of guanidine groups is 2. The fraction of sp³-hybridized carbons (Fsp3) is 0.579. The summed E-state index contributed by atoms with van der Waals surface area (Å²) in [7, 11) is 0. The average molecular weight is 1220 g/mol. The van der Waals surface area contributed by atoms with E-state index in [1.165, 1.54) is 53.4 Å². The van der Waals surface area contributed by atoms with E-state index in [0.29, 0.717) is 24.0 Å². The first-order valence-corrected chi connectivity index (χ1v) is 29.2. The molecule has 1 heterocycles. The smallest absolute Gasteiger partial charge is 0.303 e. The van der Waals surface area contributed by atoms with Gasteiger partial charge >= 0.3 is 5.97 Å². The zero-order chi connectivity index (χ0) is 64.9. The van der Waals surface area contributed by atoms with Crippen LogP contribution in [0.4, 0.5) is 0 Å². The number of likely N-dealkylation sites (tertiary alicyclic amines) is 1. The quantitative estimate of drug-likeness (QED) is 0.0180. The maximum atomic E-state index is 14.7. The lowest BCUT2D eigenvalue weighted by Crippen LogP contribution is -2.60. The zero-order valence-corrected chi connectivity index (χ0v) is 50.0. The van der Waals surface area contributed by atoms with Gasteiger partial charge < -0.3 is 97.6 Å². The van der Waals surface area contributed by atoms with Crippen molar-refractivity contribution in [2.45, 2.75) is 172 Å². The summed E-state index contributed by atoms with van der Waals surface area (Å²) >= 11 is 0. The molecule has 0 aromatic heterocycles. The third-order valence-electron chi connectivity index (χ3n) is 14.5. The third kappa shape index (κ3) is 25.8. The number of nitrogens with one attached hydrogen (secondary N) is 7. The average Bonchev–Trinajstić information content (AvgIpc) is 2.89. The Morgan fingerprint density at radius 2 is 1.00 bits per heavy atom. The number of benzene rings is 2. The van der Waals surface area contributed by atoms with Gasteiger partial charge in [0.05, 0.1) is 6.04 Å². The normalized spacial score (nSPS) is 15.9. The molecule has 0 spiro atoms. The van der Waals surface area contributed by atoms with Crippen molar-refractivity contribution in [2.75, 3.05) is 26.2 Å². The zero-order valence-electron chi connectivity index (χ0n) is 50.0. The van der Waals surface area contributed by atoms with Crippen LogP contribution in [0.15, 0.2) is 58.5 Å². The summed E-state index contributed by atoms with van der Waals surface area (Å²) in [6.45, 7) is 7.33. The Kier molecular flexibility index (Phi) is 30.7. The first kappa shape index (κ1) is 72.5. The Labute approximate surface area is 506 Å². The molecule has 1 saturated heterocycles. The van der Waals surface area contributed by atoms with E-state index in [1.54, 1.807) is 20.8 Å². The van der Waals surface area contributed by atoms with Crippen LogP contribution in [0.25, 0.3) is 0 Å². The second kappa shape index (κ2) is 36.9. The van der Waals surface area contributed by atoms with Crippen molar-refractivity contribution in [1.82, 2.24) is 42.1 Å². The number of carbonyl (C=O) groups excluding carboxylic acids is 9. The number of carboxylic acid groups (broad SMARTS) is 1. The van der Waals surface area contributed by atoms with Crippen LogP contribution < -0.4 is 77.4 Å².